The van der Waals surface area contributed by atoms with Crippen molar-refractivity contribution >= 4 is 22.3 Å². The predicted molar refractivity (Wildman–Crippen MR) is 85.6 cm³/mol. The quantitative estimate of drug-likeness (QED) is 0.779. The van der Waals surface area contributed by atoms with Gasteiger partial charge in [0.25, 0.3) is 0 Å². The lowest BCUT2D eigenvalue weighted by Gasteiger charge is -2.11. The smallest absolute Gasteiger partial charge is 0.145 e. The highest BCUT2D eigenvalue weighted by molar-refractivity contribution is 5.93. The van der Waals surface area contributed by atoms with Crippen molar-refractivity contribution in [1.29, 1.82) is 0 Å². The Morgan fingerprint density at radius 2 is 2.00 bits per heavy atom. The van der Waals surface area contributed by atoms with Gasteiger partial charge in [0.1, 0.15) is 30.2 Å². The molecule has 4 rings (SSSR count). The number of halogens is 1. The molecule has 0 bridgehead atoms. The molecule has 0 atom stereocenters. The minimum atomic E-state index is -1.12. The molecular weight excluding hydrogens is 295 g/mol. The van der Waals surface area contributed by atoms with Crippen LogP contribution in [0.3, 0.4) is 0 Å². The molecule has 1 aromatic carbocycles. The molecule has 2 heterocycles. The molecule has 0 spiro atoms. The van der Waals surface area contributed by atoms with Gasteiger partial charge in [-0.05, 0) is 42.5 Å². The maximum atomic E-state index is 13.6. The molecule has 0 saturated heterocycles. The summed E-state index contributed by atoms with van der Waals surface area (Å²) in [5, 5.41) is 5.12. The zero-order chi connectivity index (χ0) is 15.7. The van der Waals surface area contributed by atoms with Gasteiger partial charge in [0.15, 0.2) is 0 Å². The first-order valence-electron chi connectivity index (χ1n) is 7.44. The molecule has 1 N–H and O–H groups in total. The van der Waals surface area contributed by atoms with E-state index in [9.17, 15) is 4.39 Å². The van der Waals surface area contributed by atoms with Gasteiger partial charge in [0, 0.05) is 11.6 Å². The van der Waals surface area contributed by atoms with Gasteiger partial charge >= 0.3 is 0 Å². The van der Waals surface area contributed by atoms with Gasteiger partial charge < -0.3 is 10.1 Å². The minimum absolute atomic E-state index is 0.121. The van der Waals surface area contributed by atoms with E-state index in [1.165, 1.54) is 6.33 Å². The highest BCUT2D eigenvalue weighted by Gasteiger charge is 2.44. The van der Waals surface area contributed by atoms with Crippen LogP contribution in [-0.2, 0) is 0 Å². The maximum Gasteiger partial charge on any atom is 0.145 e. The summed E-state index contributed by atoms with van der Waals surface area (Å²) >= 11 is 0. The number of pyridine rings is 1. The second-order valence-electron chi connectivity index (χ2n) is 5.73. The Kier molecular flexibility index (Phi) is 3.29. The molecule has 116 valence electrons. The van der Waals surface area contributed by atoms with E-state index in [2.05, 4.69) is 20.3 Å². The Labute approximate surface area is 132 Å². The van der Waals surface area contributed by atoms with Crippen molar-refractivity contribution in [3.63, 3.8) is 0 Å². The number of hydrogen-bond acceptors (Lipinski definition) is 5. The van der Waals surface area contributed by atoms with E-state index in [1.807, 2.05) is 24.3 Å². The molecule has 1 aliphatic carbocycles. The first-order chi connectivity index (χ1) is 11.2. The van der Waals surface area contributed by atoms with E-state index < -0.39 is 5.67 Å². The van der Waals surface area contributed by atoms with Crippen molar-refractivity contribution in [2.75, 3.05) is 11.9 Å². The fourth-order valence-electron chi connectivity index (χ4n) is 2.34. The second-order valence-corrected chi connectivity index (χ2v) is 5.73. The summed E-state index contributed by atoms with van der Waals surface area (Å²) in [6.45, 7) is 0.121. The van der Waals surface area contributed by atoms with E-state index in [1.54, 1.807) is 18.6 Å². The van der Waals surface area contributed by atoms with Crippen molar-refractivity contribution in [2.45, 2.75) is 18.5 Å². The van der Waals surface area contributed by atoms with Gasteiger partial charge in [0.2, 0.25) is 0 Å². The summed E-state index contributed by atoms with van der Waals surface area (Å²) in [6.07, 6.45) is 7.75. The summed E-state index contributed by atoms with van der Waals surface area (Å²) in [5.74, 6) is 1.38. The van der Waals surface area contributed by atoms with Gasteiger partial charge in [-0.1, -0.05) is 0 Å². The minimum Gasteiger partial charge on any atom is -0.490 e. The number of alkyl halides is 1. The van der Waals surface area contributed by atoms with Gasteiger partial charge in [-0.15, -0.1) is 0 Å². The van der Waals surface area contributed by atoms with E-state index in [-0.39, 0.29) is 6.61 Å². The molecule has 1 aliphatic rings. The van der Waals surface area contributed by atoms with Crippen LogP contribution in [0.5, 0.6) is 5.75 Å². The molecule has 0 unspecified atom stereocenters. The normalized spacial score (nSPS) is 15.3. The zero-order valence-electron chi connectivity index (χ0n) is 12.4. The van der Waals surface area contributed by atoms with E-state index in [0.29, 0.717) is 24.4 Å². The highest BCUT2D eigenvalue weighted by atomic mass is 19.1. The van der Waals surface area contributed by atoms with E-state index in [0.717, 1.165) is 16.5 Å². The summed E-state index contributed by atoms with van der Waals surface area (Å²) in [6, 6.07) is 7.55. The maximum absolute atomic E-state index is 13.6. The average molecular weight is 310 g/mol. The SMILES string of the molecule is FC1(COc2ccc3c(Nc4cncnc4)nccc3c2)CC1. The zero-order valence-corrected chi connectivity index (χ0v) is 12.4. The summed E-state index contributed by atoms with van der Waals surface area (Å²) < 4.78 is 19.2. The van der Waals surface area contributed by atoms with Crippen molar-refractivity contribution in [2.24, 2.45) is 0 Å². The number of hydrogen-bond donors (Lipinski definition) is 1. The van der Waals surface area contributed by atoms with Gasteiger partial charge in [-0.25, -0.2) is 19.3 Å². The first-order valence-corrected chi connectivity index (χ1v) is 7.44. The standard InChI is InChI=1S/C17H15FN4O/c18-17(4-5-17)10-23-14-1-2-15-12(7-14)3-6-21-16(15)22-13-8-19-11-20-9-13/h1-3,6-9,11H,4-5,10H2,(H,21,22). The molecule has 0 amide bonds. The van der Waals surface area contributed by atoms with Crippen LogP contribution in [0.25, 0.3) is 10.8 Å². The van der Waals surface area contributed by atoms with Crippen LogP contribution in [0.2, 0.25) is 0 Å². The summed E-state index contributed by atoms with van der Waals surface area (Å²) in [5.41, 5.74) is -0.353. The molecule has 3 aromatic rings. The number of nitrogens with zero attached hydrogens (tertiary/aromatic N) is 3. The van der Waals surface area contributed by atoms with Gasteiger partial charge in [-0.3, -0.25) is 0 Å². The van der Waals surface area contributed by atoms with Crippen LogP contribution >= 0.6 is 0 Å². The third kappa shape index (κ3) is 3.06. The number of benzene rings is 1. The lowest BCUT2D eigenvalue weighted by Crippen LogP contribution is -2.13. The molecular formula is C17H15FN4O. The number of anilines is 2. The van der Waals surface area contributed by atoms with Crippen molar-refractivity contribution in [1.82, 2.24) is 15.0 Å². The lowest BCUT2D eigenvalue weighted by molar-refractivity contribution is 0.178. The van der Waals surface area contributed by atoms with Gasteiger partial charge in [0.05, 0.1) is 18.1 Å². The van der Waals surface area contributed by atoms with Gasteiger partial charge in [-0.2, -0.15) is 0 Å². The van der Waals surface area contributed by atoms with Crippen LogP contribution in [0.1, 0.15) is 12.8 Å². The molecule has 5 nitrogen and oxygen atoms in total. The second kappa shape index (κ2) is 5.46. The summed E-state index contributed by atoms with van der Waals surface area (Å²) in [7, 11) is 0. The number of fused-ring (bicyclic) bond motifs is 1. The number of ether oxygens (including phenoxy) is 1. The molecule has 1 fully saturated rings. The van der Waals surface area contributed by atoms with Crippen molar-refractivity contribution in [3.8, 4) is 5.75 Å². The highest BCUT2D eigenvalue weighted by Crippen LogP contribution is 2.40. The number of nitrogens with one attached hydrogen (secondary N) is 1. The Morgan fingerprint density at radius 1 is 1.17 bits per heavy atom. The Bertz CT molecular complexity index is 836. The Morgan fingerprint density at radius 3 is 2.78 bits per heavy atom. The van der Waals surface area contributed by atoms with Crippen molar-refractivity contribution in [3.05, 3.63) is 49.2 Å². The Balaban J connectivity index is 1.59. The van der Waals surface area contributed by atoms with Crippen LogP contribution in [0.4, 0.5) is 15.9 Å². The molecule has 0 aliphatic heterocycles. The summed E-state index contributed by atoms with van der Waals surface area (Å²) in [4.78, 5) is 12.3. The van der Waals surface area contributed by atoms with Crippen molar-refractivity contribution < 1.29 is 9.13 Å². The Hall–Kier alpha value is -2.76. The average Bonchev–Trinajstić information content (AvgIpc) is 3.32. The van der Waals surface area contributed by atoms with Crippen LogP contribution < -0.4 is 10.1 Å². The third-order valence-corrected chi connectivity index (χ3v) is 3.85. The predicted octanol–water partition coefficient (Wildman–Crippen LogP) is 3.65. The van der Waals surface area contributed by atoms with Crippen LogP contribution in [0.15, 0.2) is 49.2 Å². The van der Waals surface area contributed by atoms with Crippen LogP contribution in [-0.4, -0.2) is 27.2 Å². The first kappa shape index (κ1) is 13.9. The van der Waals surface area contributed by atoms with Crippen LogP contribution in [0, 0.1) is 0 Å². The topological polar surface area (TPSA) is 59.9 Å². The largest absolute Gasteiger partial charge is 0.490 e. The van der Waals surface area contributed by atoms with E-state index >= 15 is 0 Å². The molecule has 23 heavy (non-hydrogen) atoms. The molecule has 6 heteroatoms. The molecule has 2 aromatic heterocycles. The number of aromatic nitrogens is 3. The fourth-order valence-corrected chi connectivity index (χ4v) is 2.34. The fraction of sp³-hybridized carbons (Fsp3) is 0.235. The number of rotatable bonds is 5. The lowest BCUT2D eigenvalue weighted by atomic mass is 10.1. The monoisotopic (exact) mass is 310 g/mol. The molecule has 0 radical (unpaired) electrons. The van der Waals surface area contributed by atoms with E-state index in [4.69, 9.17) is 4.74 Å². The molecule has 1 saturated carbocycles. The third-order valence-electron chi connectivity index (χ3n) is 3.85.